The Morgan fingerprint density at radius 3 is 2.71 bits per heavy atom. The van der Waals surface area contributed by atoms with Gasteiger partial charge in [-0.2, -0.15) is 0 Å². The van der Waals surface area contributed by atoms with Gasteiger partial charge in [0.05, 0.1) is 0 Å². The zero-order valence-electron chi connectivity index (χ0n) is 4.10. The van der Waals surface area contributed by atoms with Crippen LogP contribution in [0.5, 0.6) is 0 Å². The molecule has 0 unspecified atom stereocenters. The Balaban J connectivity index is 3.17. The SMILES string of the molecule is CCC(=O)OB=N. The molecule has 0 aromatic carbocycles. The molecule has 7 heavy (non-hydrogen) atoms. The molecule has 0 fully saturated rings. The summed E-state index contributed by atoms with van der Waals surface area (Å²) >= 11 is 0. The normalized spacial score (nSPS) is 7.00. The van der Waals surface area contributed by atoms with E-state index >= 15 is 0 Å². The van der Waals surface area contributed by atoms with Crippen LogP contribution in [0.25, 0.3) is 0 Å². The molecule has 0 saturated carbocycles. The monoisotopic (exact) mass is 99.0 g/mol. The van der Waals surface area contributed by atoms with Crippen LogP contribution < -0.4 is 0 Å². The molecule has 0 saturated heterocycles. The van der Waals surface area contributed by atoms with Crippen molar-refractivity contribution in [2.45, 2.75) is 13.3 Å². The molecule has 1 N–H and O–H groups in total. The summed E-state index contributed by atoms with van der Waals surface area (Å²) in [5.41, 5.74) is 0. The molecular weight excluding hydrogens is 92.9 g/mol. The molecule has 3 nitrogen and oxygen atoms in total. The number of hydrogen-bond donors (Lipinski definition) is 1. The molecule has 0 aromatic heterocycles. The third kappa shape index (κ3) is 3.16. The summed E-state index contributed by atoms with van der Waals surface area (Å²) in [5, 5.41) is 6.27. The van der Waals surface area contributed by atoms with E-state index in [0.717, 1.165) is 0 Å². The van der Waals surface area contributed by atoms with Gasteiger partial charge in [0.1, 0.15) is 0 Å². The van der Waals surface area contributed by atoms with Crippen LogP contribution >= 0.6 is 0 Å². The van der Waals surface area contributed by atoms with Gasteiger partial charge in [-0.1, -0.05) is 0 Å². The number of carbonyl (C=O) groups is 1. The van der Waals surface area contributed by atoms with Gasteiger partial charge in [0.2, 0.25) is 0 Å². The molecule has 0 aliphatic carbocycles. The number of hydrogen-bond acceptors (Lipinski definition) is 3. The van der Waals surface area contributed by atoms with Crippen LogP contribution in [0.15, 0.2) is 0 Å². The fourth-order valence-electron chi connectivity index (χ4n) is 0.149. The van der Waals surface area contributed by atoms with Crippen LogP contribution in [-0.4, -0.2) is 13.2 Å². The van der Waals surface area contributed by atoms with Crippen molar-refractivity contribution in [1.82, 2.24) is 0 Å². The second-order valence-corrected chi connectivity index (χ2v) is 0.961. The first-order valence-corrected chi connectivity index (χ1v) is 1.99. The van der Waals surface area contributed by atoms with Crippen molar-refractivity contribution in [2.75, 3.05) is 0 Å². The average Bonchev–Trinajstić information content (AvgIpc) is 1.68. The molecule has 4 heteroatoms. The van der Waals surface area contributed by atoms with Gasteiger partial charge in [0, 0.05) is 0 Å². The Morgan fingerprint density at radius 2 is 2.57 bits per heavy atom. The molecule has 38 valence electrons. The maximum absolute atomic E-state index is 10.0. The topological polar surface area (TPSA) is 50.2 Å². The Labute approximate surface area is 42.5 Å². The summed E-state index contributed by atoms with van der Waals surface area (Å²) in [6, 6.07) is 0. The van der Waals surface area contributed by atoms with E-state index < -0.39 is 0 Å². The number of nitrogens with one attached hydrogen (secondary N) is 1. The van der Waals surface area contributed by atoms with Crippen LogP contribution in [0.1, 0.15) is 13.3 Å². The van der Waals surface area contributed by atoms with E-state index in [-0.39, 0.29) is 5.97 Å². The van der Waals surface area contributed by atoms with Crippen molar-refractivity contribution in [3.63, 3.8) is 0 Å². The van der Waals surface area contributed by atoms with Crippen molar-refractivity contribution in [2.24, 2.45) is 0 Å². The molecule has 0 bridgehead atoms. The van der Waals surface area contributed by atoms with E-state index in [1.54, 1.807) is 6.92 Å². The van der Waals surface area contributed by atoms with Gasteiger partial charge in [-0.15, -0.1) is 0 Å². The molecular formula is C3H6BNO2. The molecule has 0 aliphatic rings. The van der Waals surface area contributed by atoms with Gasteiger partial charge >= 0.3 is 41.3 Å². The van der Waals surface area contributed by atoms with Gasteiger partial charge in [0.15, 0.2) is 0 Å². The fourth-order valence-corrected chi connectivity index (χ4v) is 0.149. The molecule has 0 spiro atoms. The minimum atomic E-state index is -0.366. The van der Waals surface area contributed by atoms with E-state index in [4.69, 9.17) is 5.31 Å². The van der Waals surface area contributed by atoms with Crippen molar-refractivity contribution in [3.8, 4) is 0 Å². The van der Waals surface area contributed by atoms with E-state index in [9.17, 15) is 4.79 Å². The second kappa shape index (κ2) is 3.52. The Morgan fingerprint density at radius 1 is 2.00 bits per heavy atom. The van der Waals surface area contributed by atoms with Crippen molar-refractivity contribution in [1.29, 1.82) is 5.31 Å². The summed E-state index contributed by atoms with van der Waals surface area (Å²) in [6.45, 7) is 1.67. The summed E-state index contributed by atoms with van der Waals surface area (Å²) in [4.78, 5) is 10.0. The summed E-state index contributed by atoms with van der Waals surface area (Å²) in [6.07, 6.45) is 0.329. The molecule has 0 amide bonds. The third-order valence-corrected chi connectivity index (χ3v) is 0.479. The molecule has 0 aliphatic heterocycles. The molecule has 0 rings (SSSR count). The van der Waals surface area contributed by atoms with Crippen LogP contribution in [0.2, 0.25) is 0 Å². The van der Waals surface area contributed by atoms with Crippen LogP contribution in [0.4, 0.5) is 0 Å². The number of carbonyl (C=O) groups excluding carboxylic acids is 1. The quantitative estimate of drug-likeness (QED) is 0.506. The van der Waals surface area contributed by atoms with Crippen LogP contribution in [-0.2, 0) is 9.45 Å². The Bertz CT molecular complexity index is 83.0. The van der Waals surface area contributed by atoms with E-state index in [2.05, 4.69) is 4.65 Å². The van der Waals surface area contributed by atoms with E-state index in [1.165, 1.54) is 0 Å². The molecule has 0 heterocycles. The third-order valence-electron chi connectivity index (χ3n) is 0.479. The van der Waals surface area contributed by atoms with Gasteiger partial charge in [-0.25, -0.2) is 0 Å². The Kier molecular flexibility index (Phi) is 3.19. The van der Waals surface area contributed by atoms with Gasteiger partial charge < -0.3 is 0 Å². The van der Waals surface area contributed by atoms with Crippen molar-refractivity contribution < 1.29 is 9.45 Å². The summed E-state index contributed by atoms with van der Waals surface area (Å²) in [7, 11) is 0.631. The van der Waals surface area contributed by atoms with E-state index in [0.29, 0.717) is 13.7 Å². The van der Waals surface area contributed by atoms with Crippen molar-refractivity contribution in [3.05, 3.63) is 0 Å². The standard InChI is InChI=1S/C3H6BNO2/c1-2-3(6)7-4-5/h5H,2H2,1H3. The van der Waals surface area contributed by atoms with Crippen molar-refractivity contribution >= 4 is 13.2 Å². The maximum atomic E-state index is 10.0. The van der Waals surface area contributed by atoms with E-state index in [1.807, 2.05) is 0 Å². The zero-order valence-corrected chi connectivity index (χ0v) is 4.10. The van der Waals surface area contributed by atoms with Crippen LogP contribution in [0, 0.1) is 5.31 Å². The molecule has 0 radical (unpaired) electrons. The number of rotatable bonds is 2. The Hall–Kier alpha value is -0.665. The van der Waals surface area contributed by atoms with Gasteiger partial charge in [0.25, 0.3) is 0 Å². The molecule has 0 aromatic rings. The second-order valence-electron chi connectivity index (χ2n) is 0.961. The fraction of sp³-hybridized carbons (Fsp3) is 0.667. The van der Waals surface area contributed by atoms with Gasteiger partial charge in [-0.05, 0) is 0 Å². The molecule has 0 atom stereocenters. The first-order chi connectivity index (χ1) is 3.31. The summed E-state index contributed by atoms with van der Waals surface area (Å²) < 4.78 is 4.09. The predicted octanol–water partition coefficient (Wildman–Crippen LogP) is 0.321. The first-order valence-electron chi connectivity index (χ1n) is 1.99. The minimum absolute atomic E-state index is 0.329. The predicted molar refractivity (Wildman–Crippen MR) is 24.9 cm³/mol. The van der Waals surface area contributed by atoms with Gasteiger partial charge in [-0.3, -0.25) is 0 Å². The van der Waals surface area contributed by atoms with Crippen LogP contribution in [0.3, 0.4) is 0 Å². The zero-order chi connectivity index (χ0) is 5.70. The first kappa shape index (κ1) is 6.33. The average molecular weight is 98.9 g/mol. The summed E-state index contributed by atoms with van der Waals surface area (Å²) in [5.74, 6) is -0.366.